The van der Waals surface area contributed by atoms with Crippen LogP contribution in [0.3, 0.4) is 0 Å². The minimum absolute atomic E-state index is 0.0750. The number of hydrogen-bond donors (Lipinski definition) is 0. The second-order valence-corrected chi connectivity index (χ2v) is 8.48. The Hall–Kier alpha value is -2.92. The first kappa shape index (κ1) is 23.7. The molecule has 0 N–H and O–H groups in total. The van der Waals surface area contributed by atoms with Crippen LogP contribution in [0.1, 0.15) is 57.1 Å². The van der Waals surface area contributed by atoms with Crippen molar-refractivity contribution in [2.75, 3.05) is 20.1 Å². The van der Waals surface area contributed by atoms with Gasteiger partial charge >= 0.3 is 11.9 Å². The summed E-state index contributed by atoms with van der Waals surface area (Å²) in [5, 5.41) is 0. The lowest BCUT2D eigenvalue weighted by Gasteiger charge is -2.35. The molecule has 0 spiro atoms. The summed E-state index contributed by atoms with van der Waals surface area (Å²) in [4.78, 5) is 26.5. The summed E-state index contributed by atoms with van der Waals surface area (Å²) in [6.45, 7) is 6.11. The van der Waals surface area contributed by atoms with Crippen molar-refractivity contribution >= 4 is 18.0 Å². The number of para-hydroxylation sites is 1. The molecule has 1 saturated heterocycles. The Morgan fingerprint density at radius 3 is 2.66 bits per heavy atom. The van der Waals surface area contributed by atoms with Crippen molar-refractivity contribution in [3.63, 3.8) is 0 Å². The van der Waals surface area contributed by atoms with E-state index in [1.54, 1.807) is 31.2 Å². The fraction of sp³-hybridized carbons (Fsp3) is 0.407. The van der Waals surface area contributed by atoms with E-state index in [2.05, 4.69) is 24.9 Å². The van der Waals surface area contributed by atoms with Crippen LogP contribution < -0.4 is 9.47 Å². The Morgan fingerprint density at radius 2 is 1.88 bits per heavy atom. The fourth-order valence-electron chi connectivity index (χ4n) is 4.35. The van der Waals surface area contributed by atoms with E-state index in [-0.39, 0.29) is 17.8 Å². The molecular formula is C27H33NO4. The van der Waals surface area contributed by atoms with Gasteiger partial charge in [0.1, 0.15) is 11.5 Å². The van der Waals surface area contributed by atoms with Gasteiger partial charge in [-0.15, -0.1) is 0 Å². The van der Waals surface area contributed by atoms with Crippen LogP contribution in [0.15, 0.2) is 54.6 Å². The number of likely N-dealkylation sites (N-methyl/N-ethyl adjacent to an activating group) is 1. The highest BCUT2D eigenvalue weighted by atomic mass is 16.5. The van der Waals surface area contributed by atoms with Gasteiger partial charge in [0.2, 0.25) is 0 Å². The molecule has 0 saturated carbocycles. The number of hydrogen-bond acceptors (Lipinski definition) is 5. The standard InChI is InChI=1S/C27H33NO4/c1-4-25(29)32-24-14-7-6-11-21(24)15-16-26(30)31-23-13-10-12-22(19-23)27(5-2)17-8-9-18-28(3)20-27/h6-7,10-16,19H,4-5,8-9,17-18,20H2,1-3H3/b16-15+. The van der Waals surface area contributed by atoms with Crippen molar-refractivity contribution < 1.29 is 19.1 Å². The van der Waals surface area contributed by atoms with Gasteiger partial charge < -0.3 is 14.4 Å². The topological polar surface area (TPSA) is 55.8 Å². The monoisotopic (exact) mass is 435 g/mol. The molecule has 1 fully saturated rings. The number of carbonyl (C=O) groups is 2. The van der Waals surface area contributed by atoms with Gasteiger partial charge in [0, 0.05) is 30.0 Å². The van der Waals surface area contributed by atoms with Gasteiger partial charge in [-0.05, 0) is 62.7 Å². The highest BCUT2D eigenvalue weighted by molar-refractivity contribution is 5.89. The van der Waals surface area contributed by atoms with E-state index in [1.165, 1.54) is 24.5 Å². The summed E-state index contributed by atoms with van der Waals surface area (Å²) in [6.07, 6.45) is 7.85. The Bertz CT molecular complexity index is 968. The molecule has 1 unspecified atom stereocenters. The maximum Gasteiger partial charge on any atom is 0.336 e. The summed E-state index contributed by atoms with van der Waals surface area (Å²) in [7, 11) is 2.18. The van der Waals surface area contributed by atoms with Crippen LogP contribution in [-0.4, -0.2) is 37.0 Å². The molecule has 2 aromatic carbocycles. The average Bonchev–Trinajstić information content (AvgIpc) is 3.00. The number of carbonyl (C=O) groups excluding carboxylic acids is 2. The van der Waals surface area contributed by atoms with Crippen LogP contribution in [0.5, 0.6) is 11.5 Å². The second-order valence-electron chi connectivity index (χ2n) is 8.48. The molecule has 5 heteroatoms. The number of ether oxygens (including phenoxy) is 2. The van der Waals surface area contributed by atoms with Gasteiger partial charge in [0.15, 0.2) is 0 Å². The maximum atomic E-state index is 12.5. The smallest absolute Gasteiger partial charge is 0.336 e. The lowest BCUT2D eigenvalue weighted by atomic mass is 9.74. The maximum absolute atomic E-state index is 12.5. The minimum atomic E-state index is -0.470. The lowest BCUT2D eigenvalue weighted by Crippen LogP contribution is -2.37. The third-order valence-electron chi connectivity index (χ3n) is 6.19. The van der Waals surface area contributed by atoms with E-state index >= 15 is 0 Å². The van der Waals surface area contributed by atoms with Crippen LogP contribution in [0.4, 0.5) is 0 Å². The van der Waals surface area contributed by atoms with E-state index < -0.39 is 5.97 Å². The molecule has 0 aromatic heterocycles. The first-order chi connectivity index (χ1) is 15.5. The molecule has 1 atom stereocenters. The Kier molecular flexibility index (Phi) is 8.23. The summed E-state index contributed by atoms with van der Waals surface area (Å²) < 4.78 is 10.9. The third-order valence-corrected chi connectivity index (χ3v) is 6.19. The van der Waals surface area contributed by atoms with E-state index in [4.69, 9.17) is 9.47 Å². The summed E-state index contributed by atoms with van der Waals surface area (Å²) in [5.41, 5.74) is 1.94. The summed E-state index contributed by atoms with van der Waals surface area (Å²) in [5.74, 6) is 0.178. The minimum Gasteiger partial charge on any atom is -0.426 e. The molecule has 1 aliphatic rings. The molecule has 0 aliphatic carbocycles. The average molecular weight is 436 g/mol. The predicted molar refractivity (Wildman–Crippen MR) is 127 cm³/mol. The highest BCUT2D eigenvalue weighted by Crippen LogP contribution is 2.37. The molecule has 32 heavy (non-hydrogen) atoms. The van der Waals surface area contributed by atoms with E-state index in [9.17, 15) is 9.59 Å². The first-order valence-corrected chi connectivity index (χ1v) is 11.4. The van der Waals surface area contributed by atoms with Crippen molar-refractivity contribution in [1.82, 2.24) is 4.90 Å². The van der Waals surface area contributed by atoms with Crippen molar-refractivity contribution in [2.45, 2.75) is 51.4 Å². The zero-order valence-corrected chi connectivity index (χ0v) is 19.3. The van der Waals surface area contributed by atoms with Gasteiger partial charge in [-0.25, -0.2) is 4.79 Å². The number of esters is 2. The van der Waals surface area contributed by atoms with Crippen LogP contribution in [0.2, 0.25) is 0 Å². The quantitative estimate of drug-likeness (QED) is 0.332. The molecular weight excluding hydrogens is 402 g/mol. The van der Waals surface area contributed by atoms with E-state index in [1.807, 2.05) is 24.3 Å². The fourth-order valence-corrected chi connectivity index (χ4v) is 4.35. The van der Waals surface area contributed by atoms with Crippen molar-refractivity contribution in [2.24, 2.45) is 0 Å². The van der Waals surface area contributed by atoms with Gasteiger partial charge in [-0.1, -0.05) is 50.6 Å². The predicted octanol–water partition coefficient (Wildman–Crippen LogP) is 5.38. The molecule has 0 bridgehead atoms. The number of rotatable bonds is 7. The zero-order chi connectivity index (χ0) is 23.0. The Labute approximate surface area is 191 Å². The number of benzene rings is 2. The van der Waals surface area contributed by atoms with E-state index in [0.717, 1.165) is 25.9 Å². The molecule has 1 aliphatic heterocycles. The SMILES string of the molecule is CCC(=O)Oc1ccccc1/C=C/C(=O)Oc1cccc(C2(CC)CCCCN(C)C2)c1. The molecule has 2 aromatic rings. The molecule has 3 rings (SSSR count). The van der Waals surface area contributed by atoms with Crippen molar-refractivity contribution in [1.29, 1.82) is 0 Å². The highest BCUT2D eigenvalue weighted by Gasteiger charge is 2.33. The lowest BCUT2D eigenvalue weighted by molar-refractivity contribution is -0.134. The second kappa shape index (κ2) is 11.1. The largest absolute Gasteiger partial charge is 0.426 e. The van der Waals surface area contributed by atoms with Crippen LogP contribution in [0, 0.1) is 0 Å². The number of nitrogens with zero attached hydrogens (tertiary/aromatic N) is 1. The van der Waals surface area contributed by atoms with E-state index in [0.29, 0.717) is 17.1 Å². The summed E-state index contributed by atoms with van der Waals surface area (Å²) >= 11 is 0. The first-order valence-electron chi connectivity index (χ1n) is 11.4. The zero-order valence-electron chi connectivity index (χ0n) is 19.3. The van der Waals surface area contributed by atoms with Gasteiger partial charge in [-0.3, -0.25) is 4.79 Å². The van der Waals surface area contributed by atoms with Gasteiger partial charge in [0.25, 0.3) is 0 Å². The normalized spacial score (nSPS) is 19.5. The van der Waals surface area contributed by atoms with Crippen LogP contribution in [0.25, 0.3) is 6.08 Å². The Balaban J connectivity index is 1.73. The molecule has 5 nitrogen and oxygen atoms in total. The van der Waals surface area contributed by atoms with Crippen LogP contribution >= 0.6 is 0 Å². The molecule has 0 radical (unpaired) electrons. The summed E-state index contributed by atoms with van der Waals surface area (Å²) in [6, 6.07) is 15.0. The van der Waals surface area contributed by atoms with Gasteiger partial charge in [-0.2, -0.15) is 0 Å². The third kappa shape index (κ3) is 6.07. The van der Waals surface area contributed by atoms with Gasteiger partial charge in [0.05, 0.1) is 0 Å². The number of likely N-dealkylation sites (tertiary alicyclic amines) is 1. The van der Waals surface area contributed by atoms with Crippen molar-refractivity contribution in [3.05, 3.63) is 65.7 Å². The van der Waals surface area contributed by atoms with Crippen molar-refractivity contribution in [3.8, 4) is 11.5 Å². The Morgan fingerprint density at radius 1 is 1.06 bits per heavy atom. The molecule has 0 amide bonds. The molecule has 1 heterocycles. The van der Waals surface area contributed by atoms with Crippen LogP contribution in [-0.2, 0) is 15.0 Å². The molecule has 170 valence electrons.